The average molecular weight is 199 g/mol. The predicted octanol–water partition coefficient (Wildman–Crippen LogP) is 1.92. The summed E-state index contributed by atoms with van der Waals surface area (Å²) in [6.45, 7) is 0. The summed E-state index contributed by atoms with van der Waals surface area (Å²) in [5, 5.41) is 9.54. The molecular weight excluding hydrogens is 188 g/mol. The van der Waals surface area contributed by atoms with Gasteiger partial charge >= 0.3 is 0 Å². The highest BCUT2D eigenvalue weighted by Gasteiger charge is 2.11. The lowest BCUT2D eigenvalue weighted by molar-refractivity contribution is -0.118. The maximum atomic E-state index is 10.9. The Hall–Kier alpha value is -0.860. The van der Waals surface area contributed by atoms with Crippen LogP contribution >= 0.6 is 11.6 Å². The molecule has 1 rings (SSSR count). The van der Waals surface area contributed by atoms with Crippen LogP contribution < -0.4 is 0 Å². The van der Waals surface area contributed by atoms with E-state index in [0.717, 1.165) is 5.56 Å². The maximum absolute atomic E-state index is 10.9. The zero-order chi connectivity index (χ0) is 9.68. The molecule has 0 aromatic heterocycles. The summed E-state index contributed by atoms with van der Waals surface area (Å²) in [6.07, 6.45) is -0.638. The van der Waals surface area contributed by atoms with E-state index in [2.05, 4.69) is 0 Å². The van der Waals surface area contributed by atoms with Crippen LogP contribution in [0.15, 0.2) is 30.3 Å². The van der Waals surface area contributed by atoms with E-state index >= 15 is 0 Å². The standard InChI is InChI=1S/C10H11ClO2/c11-7-9(12)6-10(13)8-4-2-1-3-5-8/h1-5,10,13H,6-7H2. The number of hydrogen-bond donors (Lipinski definition) is 1. The van der Waals surface area contributed by atoms with Crippen LogP contribution in [-0.2, 0) is 4.79 Å². The number of hydrogen-bond acceptors (Lipinski definition) is 2. The second-order valence-corrected chi connectivity index (χ2v) is 3.07. The monoisotopic (exact) mass is 198 g/mol. The van der Waals surface area contributed by atoms with Gasteiger partial charge in [-0.2, -0.15) is 0 Å². The summed E-state index contributed by atoms with van der Waals surface area (Å²) in [5.41, 5.74) is 0.751. The molecule has 2 nitrogen and oxygen atoms in total. The second kappa shape index (κ2) is 5.00. The zero-order valence-electron chi connectivity index (χ0n) is 7.11. The number of halogens is 1. The largest absolute Gasteiger partial charge is 0.388 e. The Balaban J connectivity index is 2.59. The summed E-state index contributed by atoms with van der Waals surface area (Å²) in [5.74, 6) is -0.179. The highest BCUT2D eigenvalue weighted by molar-refractivity contribution is 6.27. The van der Waals surface area contributed by atoms with Crippen molar-refractivity contribution in [3.05, 3.63) is 35.9 Å². The fourth-order valence-electron chi connectivity index (χ4n) is 1.06. The lowest BCUT2D eigenvalue weighted by Gasteiger charge is -2.08. The van der Waals surface area contributed by atoms with Crippen molar-refractivity contribution in [3.8, 4) is 0 Å². The number of ketones is 1. The first-order valence-corrected chi connectivity index (χ1v) is 4.58. The number of carbonyl (C=O) groups is 1. The van der Waals surface area contributed by atoms with Crippen molar-refractivity contribution < 1.29 is 9.90 Å². The van der Waals surface area contributed by atoms with Gasteiger partial charge in [-0.05, 0) is 5.56 Å². The van der Waals surface area contributed by atoms with Crippen LogP contribution in [0.1, 0.15) is 18.1 Å². The lowest BCUT2D eigenvalue weighted by Crippen LogP contribution is -2.07. The number of benzene rings is 1. The van der Waals surface area contributed by atoms with Crippen molar-refractivity contribution in [2.24, 2.45) is 0 Å². The quantitative estimate of drug-likeness (QED) is 0.751. The Morgan fingerprint density at radius 1 is 1.38 bits per heavy atom. The third-order valence-electron chi connectivity index (χ3n) is 1.75. The number of alkyl halides is 1. The normalized spacial score (nSPS) is 12.5. The summed E-state index contributed by atoms with van der Waals surface area (Å²) < 4.78 is 0. The molecule has 70 valence electrons. The maximum Gasteiger partial charge on any atom is 0.150 e. The Labute approximate surface area is 82.2 Å². The number of Topliss-reactive ketones (excluding diaryl/α,β-unsaturated/α-hetero) is 1. The van der Waals surface area contributed by atoms with Gasteiger partial charge < -0.3 is 5.11 Å². The minimum absolute atomic E-state index is 0.0378. The fraction of sp³-hybridized carbons (Fsp3) is 0.300. The van der Waals surface area contributed by atoms with Crippen molar-refractivity contribution in [2.45, 2.75) is 12.5 Å². The van der Waals surface area contributed by atoms with E-state index in [9.17, 15) is 9.90 Å². The molecule has 0 radical (unpaired) electrons. The van der Waals surface area contributed by atoms with Crippen molar-refractivity contribution in [1.29, 1.82) is 0 Å². The van der Waals surface area contributed by atoms with Gasteiger partial charge in [0.1, 0.15) is 0 Å². The highest BCUT2D eigenvalue weighted by atomic mass is 35.5. The van der Waals surface area contributed by atoms with Crippen molar-refractivity contribution >= 4 is 17.4 Å². The van der Waals surface area contributed by atoms with Gasteiger partial charge in [0.2, 0.25) is 0 Å². The van der Waals surface area contributed by atoms with Crippen LogP contribution in [0, 0.1) is 0 Å². The first-order chi connectivity index (χ1) is 6.24. The minimum atomic E-state index is -0.729. The van der Waals surface area contributed by atoms with Crippen LogP contribution in [0.5, 0.6) is 0 Å². The van der Waals surface area contributed by atoms with Gasteiger partial charge in [0.25, 0.3) is 0 Å². The first-order valence-electron chi connectivity index (χ1n) is 4.04. The molecule has 0 bridgehead atoms. The minimum Gasteiger partial charge on any atom is -0.388 e. The molecule has 1 aromatic carbocycles. The van der Waals surface area contributed by atoms with E-state index < -0.39 is 6.10 Å². The van der Waals surface area contributed by atoms with Crippen LogP contribution in [-0.4, -0.2) is 16.8 Å². The van der Waals surface area contributed by atoms with Gasteiger partial charge in [-0.25, -0.2) is 0 Å². The Morgan fingerprint density at radius 3 is 2.54 bits per heavy atom. The third-order valence-corrected chi connectivity index (χ3v) is 2.05. The van der Waals surface area contributed by atoms with Crippen molar-refractivity contribution in [1.82, 2.24) is 0 Å². The van der Waals surface area contributed by atoms with Crippen LogP contribution in [0.3, 0.4) is 0 Å². The molecule has 0 saturated heterocycles. The Morgan fingerprint density at radius 2 is 2.00 bits per heavy atom. The molecule has 3 heteroatoms. The van der Waals surface area contributed by atoms with Crippen molar-refractivity contribution in [3.63, 3.8) is 0 Å². The molecule has 0 aliphatic heterocycles. The number of aliphatic hydroxyl groups excluding tert-OH is 1. The second-order valence-electron chi connectivity index (χ2n) is 2.80. The smallest absolute Gasteiger partial charge is 0.150 e. The van der Waals surface area contributed by atoms with Crippen LogP contribution in [0.4, 0.5) is 0 Å². The molecule has 0 aliphatic rings. The summed E-state index contributed by atoms with van der Waals surface area (Å²) >= 11 is 5.32. The molecule has 0 fully saturated rings. The first kappa shape index (κ1) is 10.2. The van der Waals surface area contributed by atoms with Gasteiger partial charge in [0, 0.05) is 6.42 Å². The molecule has 1 unspecified atom stereocenters. The van der Waals surface area contributed by atoms with Gasteiger partial charge in [-0.1, -0.05) is 30.3 Å². The van der Waals surface area contributed by atoms with Crippen molar-refractivity contribution in [2.75, 3.05) is 5.88 Å². The Bertz CT molecular complexity index is 272. The number of aliphatic hydroxyl groups is 1. The van der Waals surface area contributed by atoms with Gasteiger partial charge in [0.15, 0.2) is 5.78 Å². The van der Waals surface area contributed by atoms with E-state index in [0.29, 0.717) is 0 Å². The third kappa shape index (κ3) is 3.17. The van der Waals surface area contributed by atoms with E-state index in [1.807, 2.05) is 18.2 Å². The molecule has 1 atom stereocenters. The predicted molar refractivity (Wildman–Crippen MR) is 51.7 cm³/mol. The van der Waals surface area contributed by atoms with Crippen LogP contribution in [0.25, 0.3) is 0 Å². The average Bonchev–Trinajstić information content (AvgIpc) is 2.19. The molecular formula is C10H11ClO2. The lowest BCUT2D eigenvalue weighted by atomic mass is 10.1. The van der Waals surface area contributed by atoms with E-state index in [4.69, 9.17) is 11.6 Å². The summed E-state index contributed by atoms with van der Waals surface area (Å²) in [7, 11) is 0. The number of rotatable bonds is 4. The number of carbonyl (C=O) groups excluding carboxylic acids is 1. The Kier molecular flexibility index (Phi) is 3.93. The molecule has 0 aliphatic carbocycles. The molecule has 0 heterocycles. The fourth-order valence-corrected chi connectivity index (χ4v) is 1.17. The molecule has 1 N–H and O–H groups in total. The van der Waals surface area contributed by atoms with E-state index in [1.165, 1.54) is 0 Å². The van der Waals surface area contributed by atoms with Crippen LogP contribution in [0.2, 0.25) is 0 Å². The SMILES string of the molecule is O=C(CCl)CC(O)c1ccccc1. The molecule has 0 saturated carbocycles. The highest BCUT2D eigenvalue weighted by Crippen LogP contribution is 2.16. The van der Waals surface area contributed by atoms with E-state index in [1.54, 1.807) is 12.1 Å². The topological polar surface area (TPSA) is 37.3 Å². The summed E-state index contributed by atoms with van der Waals surface area (Å²) in [6, 6.07) is 9.07. The van der Waals surface area contributed by atoms with Gasteiger partial charge in [-0.3, -0.25) is 4.79 Å². The summed E-state index contributed by atoms with van der Waals surface area (Å²) in [4.78, 5) is 10.9. The van der Waals surface area contributed by atoms with Gasteiger partial charge in [-0.15, -0.1) is 11.6 Å². The molecule has 0 spiro atoms. The van der Waals surface area contributed by atoms with Gasteiger partial charge in [0.05, 0.1) is 12.0 Å². The molecule has 0 amide bonds. The molecule has 13 heavy (non-hydrogen) atoms. The molecule has 1 aromatic rings. The van der Waals surface area contributed by atoms with E-state index in [-0.39, 0.29) is 18.1 Å². The zero-order valence-corrected chi connectivity index (χ0v) is 7.87.